The molecule has 0 saturated heterocycles. The highest BCUT2D eigenvalue weighted by Gasteiger charge is 2.63. The molecule has 0 aromatic heterocycles. The molecule has 2 spiro atoms. The van der Waals surface area contributed by atoms with Crippen LogP contribution >= 0.6 is 0 Å². The lowest BCUT2D eigenvalue weighted by Gasteiger charge is -2.66. The Morgan fingerprint density at radius 3 is 2.18 bits per heavy atom. The maximum Gasteiger partial charge on any atom is 0.134 e. The Balaban J connectivity index is 1.39. The van der Waals surface area contributed by atoms with E-state index in [1.165, 1.54) is 31.2 Å². The molecule has 3 aliphatic carbocycles. The second kappa shape index (κ2) is 3.01. The van der Waals surface area contributed by atoms with Crippen LogP contribution in [0.1, 0.15) is 50.0 Å². The zero-order valence-electron chi connectivity index (χ0n) is 10.1. The lowest BCUT2D eigenvalue weighted by Crippen LogP contribution is -2.58. The molecule has 4 rings (SSSR count). The van der Waals surface area contributed by atoms with E-state index < -0.39 is 0 Å². The van der Waals surface area contributed by atoms with Crippen molar-refractivity contribution in [2.75, 3.05) is 0 Å². The Labute approximate surface area is 102 Å². The van der Waals surface area contributed by atoms with Crippen LogP contribution in [0.3, 0.4) is 0 Å². The van der Waals surface area contributed by atoms with Gasteiger partial charge in [0, 0.05) is 12.8 Å². The van der Waals surface area contributed by atoms with Gasteiger partial charge in [-0.15, -0.1) is 0 Å². The van der Waals surface area contributed by atoms with Crippen molar-refractivity contribution in [3.05, 3.63) is 35.9 Å². The Morgan fingerprint density at radius 1 is 0.941 bits per heavy atom. The second-order valence-electron chi connectivity index (χ2n) is 6.76. The third-order valence-corrected chi connectivity index (χ3v) is 5.27. The van der Waals surface area contributed by atoms with Crippen molar-refractivity contribution < 1.29 is 4.79 Å². The first-order valence-electron chi connectivity index (χ1n) is 6.76. The molecule has 0 amide bonds. The summed E-state index contributed by atoms with van der Waals surface area (Å²) in [7, 11) is 0. The Kier molecular flexibility index (Phi) is 1.75. The summed E-state index contributed by atoms with van der Waals surface area (Å²) >= 11 is 0. The van der Waals surface area contributed by atoms with Crippen LogP contribution in [0.25, 0.3) is 0 Å². The van der Waals surface area contributed by atoms with Crippen LogP contribution in [0.2, 0.25) is 0 Å². The molecule has 0 radical (unpaired) electrons. The number of ketones is 1. The van der Waals surface area contributed by atoms with Crippen LogP contribution in [0.5, 0.6) is 0 Å². The molecule has 1 aromatic carbocycles. The lowest BCUT2D eigenvalue weighted by molar-refractivity contribution is -0.167. The molecule has 88 valence electrons. The molecule has 0 unspecified atom stereocenters. The van der Waals surface area contributed by atoms with Crippen LogP contribution in [0, 0.1) is 10.8 Å². The summed E-state index contributed by atoms with van der Waals surface area (Å²) in [5.74, 6) is 1.29. The van der Waals surface area contributed by atoms with Gasteiger partial charge in [-0.2, -0.15) is 0 Å². The molecular weight excluding hydrogens is 208 g/mol. The van der Waals surface area contributed by atoms with Gasteiger partial charge in [0.05, 0.1) is 0 Å². The van der Waals surface area contributed by atoms with E-state index in [2.05, 4.69) is 30.3 Å². The second-order valence-corrected chi connectivity index (χ2v) is 6.76. The van der Waals surface area contributed by atoms with Crippen molar-refractivity contribution in [1.29, 1.82) is 0 Å². The maximum atomic E-state index is 11.1. The Bertz CT molecular complexity index is 450. The van der Waals surface area contributed by atoms with Crippen LogP contribution in [0.4, 0.5) is 0 Å². The van der Waals surface area contributed by atoms with Gasteiger partial charge in [-0.1, -0.05) is 30.3 Å². The molecule has 1 nitrogen and oxygen atoms in total. The molecule has 1 aromatic rings. The Hall–Kier alpha value is -1.11. The molecule has 1 heteroatoms. The number of carbonyl (C=O) groups excluding carboxylic acids is 1. The lowest BCUT2D eigenvalue weighted by atomic mass is 9.37. The van der Waals surface area contributed by atoms with Crippen molar-refractivity contribution in [3.63, 3.8) is 0 Å². The molecule has 3 aliphatic rings. The van der Waals surface area contributed by atoms with Crippen LogP contribution in [-0.2, 0) is 4.79 Å². The minimum atomic E-state index is 0.485. The van der Waals surface area contributed by atoms with Gasteiger partial charge >= 0.3 is 0 Å². The van der Waals surface area contributed by atoms with E-state index in [0.717, 1.165) is 18.8 Å². The summed E-state index contributed by atoms with van der Waals surface area (Å²) < 4.78 is 0. The summed E-state index contributed by atoms with van der Waals surface area (Å²) in [6, 6.07) is 10.9. The minimum Gasteiger partial charge on any atom is -0.300 e. The van der Waals surface area contributed by atoms with Gasteiger partial charge in [0.25, 0.3) is 0 Å². The zero-order valence-corrected chi connectivity index (χ0v) is 10.1. The van der Waals surface area contributed by atoms with E-state index in [0.29, 0.717) is 16.6 Å². The number of hydrogen-bond donors (Lipinski definition) is 0. The summed E-state index contributed by atoms with van der Waals surface area (Å²) in [4.78, 5) is 11.1. The first-order chi connectivity index (χ1) is 8.19. The molecule has 3 fully saturated rings. The first-order valence-corrected chi connectivity index (χ1v) is 6.76. The zero-order chi connectivity index (χ0) is 11.5. The highest BCUT2D eigenvalue weighted by atomic mass is 16.1. The van der Waals surface area contributed by atoms with Crippen LogP contribution in [0.15, 0.2) is 30.3 Å². The predicted octanol–water partition coefficient (Wildman–Crippen LogP) is 3.69. The number of hydrogen-bond acceptors (Lipinski definition) is 1. The average molecular weight is 226 g/mol. The van der Waals surface area contributed by atoms with Crippen LogP contribution in [-0.4, -0.2) is 5.78 Å². The van der Waals surface area contributed by atoms with Gasteiger partial charge < -0.3 is 0 Å². The minimum absolute atomic E-state index is 0.485. The van der Waals surface area contributed by atoms with E-state index in [4.69, 9.17) is 0 Å². The number of Topliss-reactive ketones (excluding diaryl/α,β-unsaturated/α-hetero) is 1. The summed E-state index contributed by atoms with van der Waals surface area (Å²) in [6.07, 6.45) is 7.21. The standard InChI is InChI=1S/C16H18O/c17-14-8-16(9-14)10-15(11-16)6-13(7-15)12-4-2-1-3-5-12/h1-5,13H,6-11H2. The summed E-state index contributed by atoms with van der Waals surface area (Å²) in [5.41, 5.74) is 2.64. The average Bonchev–Trinajstić information content (AvgIpc) is 2.19. The maximum absolute atomic E-state index is 11.1. The van der Waals surface area contributed by atoms with E-state index >= 15 is 0 Å². The fourth-order valence-corrected chi connectivity index (χ4v) is 4.81. The van der Waals surface area contributed by atoms with Gasteiger partial charge in [0.1, 0.15) is 5.78 Å². The van der Waals surface area contributed by atoms with Crippen molar-refractivity contribution in [1.82, 2.24) is 0 Å². The van der Waals surface area contributed by atoms with Gasteiger partial charge in [-0.25, -0.2) is 0 Å². The van der Waals surface area contributed by atoms with E-state index in [9.17, 15) is 4.79 Å². The topological polar surface area (TPSA) is 17.1 Å². The normalized spacial score (nSPS) is 28.6. The molecule has 0 atom stereocenters. The van der Waals surface area contributed by atoms with Crippen molar-refractivity contribution in [3.8, 4) is 0 Å². The summed E-state index contributed by atoms with van der Waals surface area (Å²) in [6.45, 7) is 0. The first kappa shape index (κ1) is 9.87. The molecule has 17 heavy (non-hydrogen) atoms. The highest BCUT2D eigenvalue weighted by Crippen LogP contribution is 2.72. The van der Waals surface area contributed by atoms with Crippen LogP contribution < -0.4 is 0 Å². The highest BCUT2D eigenvalue weighted by molar-refractivity contribution is 5.86. The third kappa shape index (κ3) is 1.34. The smallest absolute Gasteiger partial charge is 0.134 e. The molecular formula is C16H18O. The number of benzene rings is 1. The molecule has 3 saturated carbocycles. The fourth-order valence-electron chi connectivity index (χ4n) is 4.81. The Morgan fingerprint density at radius 2 is 1.59 bits per heavy atom. The van der Waals surface area contributed by atoms with Gasteiger partial charge in [0.2, 0.25) is 0 Å². The largest absolute Gasteiger partial charge is 0.300 e. The van der Waals surface area contributed by atoms with Crippen molar-refractivity contribution in [2.24, 2.45) is 10.8 Å². The van der Waals surface area contributed by atoms with Crippen molar-refractivity contribution in [2.45, 2.75) is 44.4 Å². The quantitative estimate of drug-likeness (QED) is 0.713. The third-order valence-electron chi connectivity index (χ3n) is 5.27. The molecule has 0 N–H and O–H groups in total. The van der Waals surface area contributed by atoms with Crippen molar-refractivity contribution >= 4 is 5.78 Å². The molecule has 0 aliphatic heterocycles. The van der Waals surface area contributed by atoms with E-state index in [1.807, 2.05) is 0 Å². The summed E-state index contributed by atoms with van der Waals surface area (Å²) in [5, 5.41) is 0. The number of rotatable bonds is 1. The van der Waals surface area contributed by atoms with E-state index in [1.54, 1.807) is 0 Å². The van der Waals surface area contributed by atoms with Gasteiger partial charge in [0.15, 0.2) is 0 Å². The monoisotopic (exact) mass is 226 g/mol. The number of carbonyl (C=O) groups is 1. The SMILES string of the molecule is O=C1CC2(C1)CC1(CC(c3ccccc3)C1)C2. The van der Waals surface area contributed by atoms with Gasteiger partial charge in [-0.05, 0) is 48.0 Å². The predicted molar refractivity (Wildman–Crippen MR) is 66.8 cm³/mol. The fraction of sp³-hybridized carbons (Fsp3) is 0.562. The van der Waals surface area contributed by atoms with E-state index in [-0.39, 0.29) is 0 Å². The molecule has 0 heterocycles. The van der Waals surface area contributed by atoms with Gasteiger partial charge in [-0.3, -0.25) is 4.79 Å². The molecule has 0 bridgehead atoms.